The largest absolute Gasteiger partial charge is 0.481 e. The zero-order valence-electron chi connectivity index (χ0n) is 10.7. The number of hydrogen-bond donors (Lipinski definition) is 2. The quantitative estimate of drug-likeness (QED) is 0.791. The highest BCUT2D eigenvalue weighted by Gasteiger charge is 2.26. The number of carboxylic acid groups (broad SMARTS) is 1. The average Bonchev–Trinajstić information content (AvgIpc) is 2.81. The molecule has 0 radical (unpaired) electrons. The summed E-state index contributed by atoms with van der Waals surface area (Å²) in [4.78, 5) is 24.3. The number of amides is 2. The molecule has 1 aromatic heterocycles. The maximum Gasteiger partial charge on any atom is 0.317 e. The van der Waals surface area contributed by atoms with E-state index in [4.69, 9.17) is 5.11 Å². The molecule has 1 saturated heterocycles. The third-order valence-electron chi connectivity index (χ3n) is 3.33. The Bertz CT molecular complexity index is 465. The second-order valence-corrected chi connectivity index (χ2v) is 4.62. The van der Waals surface area contributed by atoms with Crippen LogP contribution in [0.3, 0.4) is 0 Å². The van der Waals surface area contributed by atoms with E-state index in [-0.39, 0.29) is 11.9 Å². The van der Waals surface area contributed by atoms with Gasteiger partial charge in [-0.15, -0.1) is 10.2 Å². The molecular formula is C11H17N5O3. The van der Waals surface area contributed by atoms with Gasteiger partial charge in [0.05, 0.1) is 12.5 Å². The minimum Gasteiger partial charge on any atom is -0.481 e. The van der Waals surface area contributed by atoms with Gasteiger partial charge in [0.25, 0.3) is 0 Å². The summed E-state index contributed by atoms with van der Waals surface area (Å²) in [5, 5.41) is 19.2. The van der Waals surface area contributed by atoms with Gasteiger partial charge in [-0.25, -0.2) is 4.79 Å². The fraction of sp³-hybridized carbons (Fsp3) is 0.636. The predicted molar refractivity (Wildman–Crippen MR) is 65.2 cm³/mol. The highest BCUT2D eigenvalue weighted by Crippen LogP contribution is 2.17. The molecule has 0 aromatic carbocycles. The molecule has 0 unspecified atom stereocenters. The zero-order chi connectivity index (χ0) is 13.8. The third-order valence-corrected chi connectivity index (χ3v) is 3.33. The number of carbonyl (C=O) groups excluding carboxylic acids is 1. The summed E-state index contributed by atoms with van der Waals surface area (Å²) < 4.78 is 1.73. The van der Waals surface area contributed by atoms with Gasteiger partial charge in [-0.1, -0.05) is 0 Å². The van der Waals surface area contributed by atoms with E-state index in [0.717, 1.165) is 0 Å². The van der Waals surface area contributed by atoms with Crippen LogP contribution in [0.15, 0.2) is 6.33 Å². The number of nitrogens with one attached hydrogen (secondary N) is 1. The monoisotopic (exact) mass is 267 g/mol. The third kappa shape index (κ3) is 3.21. The number of urea groups is 1. The second-order valence-electron chi connectivity index (χ2n) is 4.62. The lowest BCUT2D eigenvalue weighted by atomic mass is 9.97. The smallest absolute Gasteiger partial charge is 0.317 e. The Morgan fingerprint density at radius 2 is 2.16 bits per heavy atom. The lowest BCUT2D eigenvalue weighted by Crippen LogP contribution is -2.45. The van der Waals surface area contributed by atoms with Crippen LogP contribution in [0.2, 0.25) is 0 Å². The molecule has 0 aliphatic carbocycles. The fourth-order valence-corrected chi connectivity index (χ4v) is 2.06. The number of carboxylic acids is 1. The first-order valence-electron chi connectivity index (χ1n) is 6.16. The van der Waals surface area contributed by atoms with E-state index in [2.05, 4.69) is 15.5 Å². The van der Waals surface area contributed by atoms with Crippen LogP contribution in [0.5, 0.6) is 0 Å². The summed E-state index contributed by atoms with van der Waals surface area (Å²) in [7, 11) is 1.81. The molecule has 1 aliphatic heterocycles. The molecule has 0 saturated carbocycles. The van der Waals surface area contributed by atoms with Gasteiger partial charge >= 0.3 is 12.0 Å². The molecule has 0 bridgehead atoms. The second kappa shape index (κ2) is 5.68. The zero-order valence-corrected chi connectivity index (χ0v) is 10.7. The van der Waals surface area contributed by atoms with Gasteiger partial charge in [0.1, 0.15) is 6.33 Å². The number of aryl methyl sites for hydroxylation is 1. The molecule has 104 valence electrons. The maximum absolute atomic E-state index is 11.9. The molecule has 2 heterocycles. The fourth-order valence-electron chi connectivity index (χ4n) is 2.06. The Kier molecular flexibility index (Phi) is 3.98. The molecule has 0 spiro atoms. The van der Waals surface area contributed by atoms with Crippen LogP contribution in [0, 0.1) is 5.92 Å². The predicted octanol–water partition coefficient (Wildman–Crippen LogP) is -0.179. The summed E-state index contributed by atoms with van der Waals surface area (Å²) >= 11 is 0. The first-order valence-corrected chi connectivity index (χ1v) is 6.16. The normalized spacial score (nSPS) is 16.4. The summed E-state index contributed by atoms with van der Waals surface area (Å²) in [6.07, 6.45) is 2.58. The lowest BCUT2D eigenvalue weighted by Gasteiger charge is -2.30. The van der Waals surface area contributed by atoms with Crippen molar-refractivity contribution < 1.29 is 14.7 Å². The van der Waals surface area contributed by atoms with Gasteiger partial charge in [-0.2, -0.15) is 0 Å². The van der Waals surface area contributed by atoms with Crippen LogP contribution >= 0.6 is 0 Å². The van der Waals surface area contributed by atoms with Crippen LogP contribution in [-0.2, 0) is 18.4 Å². The van der Waals surface area contributed by atoms with E-state index in [1.54, 1.807) is 22.8 Å². The summed E-state index contributed by atoms with van der Waals surface area (Å²) in [6, 6.07) is -0.188. The molecule has 1 fully saturated rings. The van der Waals surface area contributed by atoms with Crippen molar-refractivity contribution in [2.45, 2.75) is 19.4 Å². The topological polar surface area (TPSA) is 100 Å². The number of likely N-dealkylation sites (tertiary alicyclic amines) is 1. The van der Waals surface area contributed by atoms with E-state index in [0.29, 0.717) is 38.3 Å². The number of piperidine rings is 1. The summed E-state index contributed by atoms with van der Waals surface area (Å²) in [5.74, 6) is -0.435. The molecule has 1 aromatic rings. The van der Waals surface area contributed by atoms with E-state index in [1.807, 2.05) is 0 Å². The van der Waals surface area contributed by atoms with Crippen LogP contribution in [-0.4, -0.2) is 49.9 Å². The van der Waals surface area contributed by atoms with Crippen molar-refractivity contribution in [3.8, 4) is 0 Å². The van der Waals surface area contributed by atoms with Crippen molar-refractivity contribution in [1.82, 2.24) is 25.0 Å². The van der Waals surface area contributed by atoms with Crippen LogP contribution in [0.25, 0.3) is 0 Å². The Labute approximate surface area is 110 Å². The van der Waals surface area contributed by atoms with Crippen molar-refractivity contribution in [2.75, 3.05) is 13.1 Å². The molecule has 1 aliphatic rings. The first-order chi connectivity index (χ1) is 9.08. The standard InChI is InChI=1S/C11H17N5O3/c1-15-7-13-14-9(15)6-12-11(19)16-4-2-8(3-5-16)10(17)18/h7-8H,2-6H2,1H3,(H,12,19)(H,17,18). The van der Waals surface area contributed by atoms with E-state index < -0.39 is 5.97 Å². The Hall–Kier alpha value is -2.12. The maximum atomic E-state index is 11.9. The lowest BCUT2D eigenvalue weighted by molar-refractivity contribution is -0.143. The molecule has 2 N–H and O–H groups in total. The minimum atomic E-state index is -0.779. The highest BCUT2D eigenvalue weighted by atomic mass is 16.4. The van der Waals surface area contributed by atoms with Crippen molar-refractivity contribution in [2.24, 2.45) is 13.0 Å². The molecule has 2 amide bonds. The first kappa shape index (κ1) is 13.3. The highest BCUT2D eigenvalue weighted by molar-refractivity contribution is 5.75. The number of rotatable bonds is 3. The molecule has 8 heteroatoms. The number of aliphatic carboxylic acids is 1. The Morgan fingerprint density at radius 3 is 2.68 bits per heavy atom. The van der Waals surface area contributed by atoms with Crippen molar-refractivity contribution in [1.29, 1.82) is 0 Å². The Balaban J connectivity index is 1.79. The van der Waals surface area contributed by atoms with Gasteiger partial charge in [-0.3, -0.25) is 4.79 Å². The number of nitrogens with zero attached hydrogens (tertiary/aromatic N) is 4. The average molecular weight is 267 g/mol. The van der Waals surface area contributed by atoms with Crippen LogP contribution < -0.4 is 5.32 Å². The Morgan fingerprint density at radius 1 is 1.47 bits per heavy atom. The van der Waals surface area contributed by atoms with Crippen molar-refractivity contribution in [3.05, 3.63) is 12.2 Å². The van der Waals surface area contributed by atoms with E-state index >= 15 is 0 Å². The summed E-state index contributed by atoms with van der Waals surface area (Å²) in [6.45, 7) is 1.26. The van der Waals surface area contributed by atoms with Crippen molar-refractivity contribution >= 4 is 12.0 Å². The molecule has 8 nitrogen and oxygen atoms in total. The van der Waals surface area contributed by atoms with Crippen molar-refractivity contribution in [3.63, 3.8) is 0 Å². The van der Waals surface area contributed by atoms with Gasteiger partial charge in [0, 0.05) is 20.1 Å². The molecule has 19 heavy (non-hydrogen) atoms. The minimum absolute atomic E-state index is 0.188. The number of hydrogen-bond acceptors (Lipinski definition) is 4. The number of aromatic nitrogens is 3. The summed E-state index contributed by atoms with van der Waals surface area (Å²) in [5.41, 5.74) is 0. The van der Waals surface area contributed by atoms with Gasteiger partial charge < -0.3 is 19.9 Å². The molecule has 2 rings (SSSR count). The molecular weight excluding hydrogens is 250 g/mol. The van der Waals surface area contributed by atoms with Gasteiger partial charge in [0.2, 0.25) is 0 Å². The van der Waals surface area contributed by atoms with Gasteiger partial charge in [0.15, 0.2) is 5.82 Å². The molecule has 0 atom stereocenters. The van der Waals surface area contributed by atoms with Gasteiger partial charge in [-0.05, 0) is 12.8 Å². The van der Waals surface area contributed by atoms with E-state index in [9.17, 15) is 9.59 Å². The van der Waals surface area contributed by atoms with E-state index in [1.165, 1.54) is 0 Å². The van der Waals surface area contributed by atoms with Crippen LogP contribution in [0.1, 0.15) is 18.7 Å². The SMILES string of the molecule is Cn1cnnc1CNC(=O)N1CCC(C(=O)O)CC1. The van der Waals surface area contributed by atoms with Crippen LogP contribution in [0.4, 0.5) is 4.79 Å². The number of carbonyl (C=O) groups is 2.